The number of rotatable bonds is 9. The van der Waals surface area contributed by atoms with Crippen LogP contribution in [0.1, 0.15) is 66.7 Å². The van der Waals surface area contributed by atoms with Crippen molar-refractivity contribution in [3.05, 3.63) is 23.3 Å². The quantitative estimate of drug-likeness (QED) is 0.427. The standard InChI is InChI=1S/C17H24O5/c1-4-6-8-13(18)15-12(17(20)22-11-7-5-2)9-10-14(19)16(15)21-3/h9-10,19H,4-8,11H2,1-3H3. The molecule has 0 saturated heterocycles. The third-order valence-electron chi connectivity index (χ3n) is 3.33. The van der Waals surface area contributed by atoms with Crippen LogP contribution in [0.2, 0.25) is 0 Å². The maximum absolute atomic E-state index is 12.4. The van der Waals surface area contributed by atoms with Gasteiger partial charge in [0, 0.05) is 6.42 Å². The normalized spacial score (nSPS) is 10.3. The molecule has 1 aromatic rings. The SMILES string of the molecule is CCCCOC(=O)c1ccc(O)c(OC)c1C(=O)CCCC. The van der Waals surface area contributed by atoms with Crippen molar-refractivity contribution in [2.75, 3.05) is 13.7 Å². The Morgan fingerprint density at radius 3 is 2.41 bits per heavy atom. The minimum atomic E-state index is -0.563. The number of unbranched alkanes of at least 4 members (excludes halogenated alkanes) is 2. The molecule has 0 aromatic heterocycles. The molecule has 0 atom stereocenters. The second-order valence-electron chi connectivity index (χ2n) is 5.06. The Hall–Kier alpha value is -2.04. The first kappa shape index (κ1) is 18.0. The van der Waals surface area contributed by atoms with E-state index in [1.807, 2.05) is 13.8 Å². The van der Waals surface area contributed by atoms with Crippen LogP contribution in [0.15, 0.2) is 12.1 Å². The fourth-order valence-corrected chi connectivity index (χ4v) is 2.07. The van der Waals surface area contributed by atoms with Crippen LogP contribution in [0.25, 0.3) is 0 Å². The average Bonchev–Trinajstić information content (AvgIpc) is 2.52. The van der Waals surface area contributed by atoms with Gasteiger partial charge in [0.25, 0.3) is 0 Å². The Morgan fingerprint density at radius 1 is 1.14 bits per heavy atom. The molecule has 0 aliphatic rings. The van der Waals surface area contributed by atoms with Crippen molar-refractivity contribution >= 4 is 11.8 Å². The molecule has 1 N–H and O–H groups in total. The molecule has 5 heteroatoms. The number of carbonyl (C=O) groups excluding carboxylic acids is 2. The number of carbonyl (C=O) groups is 2. The van der Waals surface area contributed by atoms with Crippen LogP contribution in [-0.4, -0.2) is 30.6 Å². The Morgan fingerprint density at radius 2 is 1.82 bits per heavy atom. The van der Waals surface area contributed by atoms with Gasteiger partial charge < -0.3 is 14.6 Å². The number of phenolic OH excluding ortho intramolecular Hbond substituents is 1. The van der Waals surface area contributed by atoms with Gasteiger partial charge in [-0.15, -0.1) is 0 Å². The number of hydrogen-bond acceptors (Lipinski definition) is 5. The van der Waals surface area contributed by atoms with Gasteiger partial charge in [0.15, 0.2) is 17.3 Å². The zero-order chi connectivity index (χ0) is 16.5. The van der Waals surface area contributed by atoms with Crippen LogP contribution in [-0.2, 0) is 4.74 Å². The summed E-state index contributed by atoms with van der Waals surface area (Å²) < 4.78 is 10.3. The number of ketones is 1. The van der Waals surface area contributed by atoms with E-state index in [1.54, 1.807) is 0 Å². The number of methoxy groups -OCH3 is 1. The van der Waals surface area contributed by atoms with E-state index in [2.05, 4.69) is 0 Å². The zero-order valence-corrected chi connectivity index (χ0v) is 13.5. The van der Waals surface area contributed by atoms with Crippen LogP contribution in [0, 0.1) is 0 Å². The van der Waals surface area contributed by atoms with Crippen molar-refractivity contribution in [2.45, 2.75) is 46.0 Å². The molecule has 0 fully saturated rings. The lowest BCUT2D eigenvalue weighted by Crippen LogP contribution is -2.14. The highest BCUT2D eigenvalue weighted by Crippen LogP contribution is 2.34. The molecule has 0 aliphatic heterocycles. The lowest BCUT2D eigenvalue weighted by atomic mass is 9.98. The largest absolute Gasteiger partial charge is 0.504 e. The topological polar surface area (TPSA) is 72.8 Å². The highest BCUT2D eigenvalue weighted by atomic mass is 16.5. The predicted molar refractivity (Wildman–Crippen MR) is 83.7 cm³/mol. The number of phenols is 1. The number of Topliss-reactive ketones (excluding diaryl/α,β-unsaturated/α-hetero) is 1. The van der Waals surface area contributed by atoms with Gasteiger partial charge in [-0.05, 0) is 25.0 Å². The first-order valence-electron chi connectivity index (χ1n) is 7.67. The van der Waals surface area contributed by atoms with E-state index < -0.39 is 5.97 Å². The summed E-state index contributed by atoms with van der Waals surface area (Å²) in [4.78, 5) is 24.6. The van der Waals surface area contributed by atoms with Gasteiger partial charge in [-0.1, -0.05) is 26.7 Å². The van der Waals surface area contributed by atoms with E-state index >= 15 is 0 Å². The molecule has 1 aromatic carbocycles. The predicted octanol–water partition coefficient (Wildman–Crippen LogP) is 3.73. The van der Waals surface area contributed by atoms with Crippen LogP contribution in [0.4, 0.5) is 0 Å². The molecule has 0 unspecified atom stereocenters. The zero-order valence-electron chi connectivity index (χ0n) is 13.5. The van der Waals surface area contributed by atoms with Gasteiger partial charge in [-0.3, -0.25) is 4.79 Å². The molecule has 0 saturated carbocycles. The highest BCUT2D eigenvalue weighted by Gasteiger charge is 2.24. The first-order valence-corrected chi connectivity index (χ1v) is 7.67. The number of aromatic hydroxyl groups is 1. The number of benzene rings is 1. The Labute approximate surface area is 131 Å². The van der Waals surface area contributed by atoms with Crippen LogP contribution < -0.4 is 4.74 Å². The number of hydrogen-bond donors (Lipinski definition) is 1. The molecular formula is C17H24O5. The third-order valence-corrected chi connectivity index (χ3v) is 3.33. The van der Waals surface area contributed by atoms with E-state index in [0.717, 1.165) is 19.3 Å². The van der Waals surface area contributed by atoms with E-state index in [4.69, 9.17) is 9.47 Å². The van der Waals surface area contributed by atoms with Gasteiger partial charge in [0.2, 0.25) is 0 Å². The molecule has 0 spiro atoms. The fraction of sp³-hybridized carbons (Fsp3) is 0.529. The average molecular weight is 308 g/mol. The van der Waals surface area contributed by atoms with Crippen LogP contribution in [0.3, 0.4) is 0 Å². The third kappa shape index (κ3) is 4.48. The van der Waals surface area contributed by atoms with Crippen molar-refractivity contribution in [3.63, 3.8) is 0 Å². The molecule has 0 heterocycles. The minimum absolute atomic E-state index is 0.0334. The minimum Gasteiger partial charge on any atom is -0.504 e. The molecule has 0 bridgehead atoms. The summed E-state index contributed by atoms with van der Waals surface area (Å²) in [5, 5.41) is 9.86. The maximum Gasteiger partial charge on any atom is 0.339 e. The van der Waals surface area contributed by atoms with Crippen molar-refractivity contribution in [1.82, 2.24) is 0 Å². The Kier molecular flexibility index (Phi) is 7.43. The van der Waals surface area contributed by atoms with Gasteiger partial charge in [-0.2, -0.15) is 0 Å². The van der Waals surface area contributed by atoms with Gasteiger partial charge in [0.05, 0.1) is 24.8 Å². The summed E-state index contributed by atoms with van der Waals surface area (Å²) in [6, 6.07) is 2.75. The van der Waals surface area contributed by atoms with Crippen LogP contribution >= 0.6 is 0 Å². The molecule has 22 heavy (non-hydrogen) atoms. The summed E-state index contributed by atoms with van der Waals surface area (Å²) in [5.41, 5.74) is 0.254. The van der Waals surface area contributed by atoms with Crippen molar-refractivity contribution in [2.24, 2.45) is 0 Å². The van der Waals surface area contributed by atoms with Crippen molar-refractivity contribution < 1.29 is 24.2 Å². The summed E-state index contributed by atoms with van der Waals surface area (Å²) in [6.45, 7) is 4.28. The summed E-state index contributed by atoms with van der Waals surface area (Å²) in [6.07, 6.45) is 3.55. The Bertz CT molecular complexity index is 522. The monoisotopic (exact) mass is 308 g/mol. The number of ether oxygens (including phenoxy) is 2. The number of esters is 1. The van der Waals surface area contributed by atoms with E-state index in [-0.39, 0.29) is 28.4 Å². The lowest BCUT2D eigenvalue weighted by molar-refractivity contribution is 0.0496. The molecule has 122 valence electrons. The summed E-state index contributed by atoms with van der Waals surface area (Å²) in [7, 11) is 1.36. The van der Waals surface area contributed by atoms with Crippen LogP contribution in [0.5, 0.6) is 11.5 Å². The molecule has 5 nitrogen and oxygen atoms in total. The van der Waals surface area contributed by atoms with E-state index in [0.29, 0.717) is 19.4 Å². The smallest absolute Gasteiger partial charge is 0.339 e. The van der Waals surface area contributed by atoms with Gasteiger partial charge >= 0.3 is 5.97 Å². The molecular weight excluding hydrogens is 284 g/mol. The highest BCUT2D eigenvalue weighted by molar-refractivity contribution is 6.09. The molecule has 0 aliphatic carbocycles. The summed E-state index contributed by atoms with van der Waals surface area (Å²) >= 11 is 0. The van der Waals surface area contributed by atoms with E-state index in [9.17, 15) is 14.7 Å². The second-order valence-corrected chi connectivity index (χ2v) is 5.06. The molecule has 0 radical (unpaired) electrons. The van der Waals surface area contributed by atoms with Gasteiger partial charge in [0.1, 0.15) is 0 Å². The molecule has 1 rings (SSSR count). The first-order chi connectivity index (χ1) is 10.6. The van der Waals surface area contributed by atoms with Crippen molar-refractivity contribution in [1.29, 1.82) is 0 Å². The second kappa shape index (κ2) is 9.07. The van der Waals surface area contributed by atoms with E-state index in [1.165, 1.54) is 19.2 Å². The fourth-order valence-electron chi connectivity index (χ4n) is 2.07. The van der Waals surface area contributed by atoms with Crippen molar-refractivity contribution in [3.8, 4) is 11.5 Å². The molecule has 0 amide bonds. The van der Waals surface area contributed by atoms with Gasteiger partial charge in [-0.25, -0.2) is 4.79 Å². The Balaban J connectivity index is 3.14. The lowest BCUT2D eigenvalue weighted by Gasteiger charge is -2.14. The maximum atomic E-state index is 12.4. The summed E-state index contributed by atoms with van der Waals surface area (Å²) in [5.74, 6) is -0.915.